The lowest BCUT2D eigenvalue weighted by atomic mass is 9.82. The Hall–Kier alpha value is -1.59. The Morgan fingerprint density at radius 2 is 1.95 bits per heavy atom. The van der Waals surface area contributed by atoms with Crippen molar-refractivity contribution in [2.24, 2.45) is 0 Å². The number of piperazine rings is 1. The van der Waals surface area contributed by atoms with Crippen LogP contribution in [0.4, 0.5) is 0 Å². The Labute approximate surface area is 118 Å². The number of carbonyl (C=O) groups is 3. The van der Waals surface area contributed by atoms with Crippen LogP contribution in [-0.4, -0.2) is 40.3 Å². The first kappa shape index (κ1) is 14.8. The summed E-state index contributed by atoms with van der Waals surface area (Å²) in [7, 11) is 0. The normalized spacial score (nSPS) is 28.5. The molecule has 2 rings (SSSR count). The number of amides is 2. The van der Waals surface area contributed by atoms with Crippen molar-refractivity contribution >= 4 is 17.8 Å². The summed E-state index contributed by atoms with van der Waals surface area (Å²) in [6, 6.07) is -0.0260. The summed E-state index contributed by atoms with van der Waals surface area (Å²) in [5.41, 5.74) is -0.929. The van der Waals surface area contributed by atoms with Crippen LogP contribution in [0.25, 0.3) is 0 Å². The molecule has 0 radical (unpaired) electrons. The van der Waals surface area contributed by atoms with Gasteiger partial charge in [-0.15, -0.1) is 0 Å². The fraction of sp³-hybridized carbons (Fsp3) is 0.786. The second-order valence-electron chi connectivity index (χ2n) is 6.13. The molecule has 0 spiro atoms. The first-order valence-electron chi connectivity index (χ1n) is 7.17. The Balaban J connectivity index is 2.21. The second kappa shape index (κ2) is 5.42. The van der Waals surface area contributed by atoms with Gasteiger partial charge in [-0.25, -0.2) is 0 Å². The van der Waals surface area contributed by atoms with Gasteiger partial charge in [0.15, 0.2) is 0 Å². The van der Waals surface area contributed by atoms with Crippen molar-refractivity contribution in [2.45, 2.75) is 70.0 Å². The molecule has 1 N–H and O–H groups in total. The van der Waals surface area contributed by atoms with Gasteiger partial charge in [0, 0.05) is 18.4 Å². The van der Waals surface area contributed by atoms with Crippen LogP contribution in [0.2, 0.25) is 0 Å². The quantitative estimate of drug-likeness (QED) is 0.759. The average Bonchev–Trinajstić information content (AvgIpc) is 2.37. The molecular formula is C14H21N2O4-. The Morgan fingerprint density at radius 1 is 1.30 bits per heavy atom. The molecule has 1 aliphatic heterocycles. The summed E-state index contributed by atoms with van der Waals surface area (Å²) in [5.74, 6) is -1.67. The van der Waals surface area contributed by atoms with E-state index in [0.29, 0.717) is 0 Å². The molecule has 1 aliphatic carbocycles. The van der Waals surface area contributed by atoms with E-state index in [1.165, 1.54) is 0 Å². The van der Waals surface area contributed by atoms with Crippen LogP contribution < -0.4 is 10.4 Å². The van der Waals surface area contributed by atoms with Gasteiger partial charge in [0.2, 0.25) is 11.8 Å². The standard InChI is InChI=1S/C14H22N2O4/c1-14(2)13(20)15-9-5-3-4-6-10(9)16(14)11(17)7-8-12(18)19/h9-10H,3-8H2,1-2H3,(H,15,20)(H,18,19)/p-1/t9-,10-/m1/s1. The van der Waals surface area contributed by atoms with Crippen molar-refractivity contribution in [1.29, 1.82) is 0 Å². The minimum absolute atomic E-state index is 0.00354. The molecule has 0 bridgehead atoms. The van der Waals surface area contributed by atoms with Crippen LogP contribution in [0.15, 0.2) is 0 Å². The molecule has 0 unspecified atom stereocenters. The zero-order valence-electron chi connectivity index (χ0n) is 12.0. The number of hydrogen-bond donors (Lipinski definition) is 1. The van der Waals surface area contributed by atoms with Crippen molar-refractivity contribution in [1.82, 2.24) is 10.2 Å². The van der Waals surface area contributed by atoms with Crippen LogP contribution in [0.3, 0.4) is 0 Å². The molecule has 0 aromatic carbocycles. The lowest BCUT2D eigenvalue weighted by molar-refractivity contribution is -0.305. The van der Waals surface area contributed by atoms with E-state index in [0.717, 1.165) is 25.7 Å². The maximum atomic E-state index is 12.4. The SMILES string of the molecule is CC1(C)C(=O)N[C@@H]2CCCC[C@H]2N1C(=O)CCC(=O)[O-]. The summed E-state index contributed by atoms with van der Waals surface area (Å²) in [6.45, 7) is 3.42. The van der Waals surface area contributed by atoms with Gasteiger partial charge in [0.25, 0.3) is 0 Å². The molecule has 2 atom stereocenters. The molecule has 2 aliphatic rings. The zero-order valence-corrected chi connectivity index (χ0v) is 12.0. The van der Waals surface area contributed by atoms with Crippen molar-refractivity contribution < 1.29 is 19.5 Å². The molecule has 1 saturated heterocycles. The molecule has 112 valence electrons. The van der Waals surface area contributed by atoms with E-state index in [9.17, 15) is 19.5 Å². The Morgan fingerprint density at radius 3 is 2.60 bits per heavy atom. The summed E-state index contributed by atoms with van der Waals surface area (Å²) in [5, 5.41) is 13.5. The fourth-order valence-corrected chi connectivity index (χ4v) is 3.28. The summed E-state index contributed by atoms with van der Waals surface area (Å²) in [4.78, 5) is 36.7. The highest BCUT2D eigenvalue weighted by Gasteiger charge is 2.49. The topological polar surface area (TPSA) is 89.5 Å². The number of rotatable bonds is 3. The molecular weight excluding hydrogens is 260 g/mol. The van der Waals surface area contributed by atoms with E-state index >= 15 is 0 Å². The predicted octanol–water partition coefficient (Wildman–Crippen LogP) is -0.435. The second-order valence-corrected chi connectivity index (χ2v) is 6.13. The fourth-order valence-electron chi connectivity index (χ4n) is 3.28. The van der Waals surface area contributed by atoms with Crippen LogP contribution >= 0.6 is 0 Å². The number of hydrogen-bond acceptors (Lipinski definition) is 4. The third-order valence-corrected chi connectivity index (χ3v) is 4.35. The summed E-state index contributed by atoms with van der Waals surface area (Å²) >= 11 is 0. The minimum Gasteiger partial charge on any atom is -0.550 e. The molecule has 2 fully saturated rings. The molecule has 0 aromatic heterocycles. The van der Waals surface area contributed by atoms with Crippen molar-refractivity contribution in [3.8, 4) is 0 Å². The van der Waals surface area contributed by atoms with Crippen molar-refractivity contribution in [2.75, 3.05) is 0 Å². The van der Waals surface area contributed by atoms with Gasteiger partial charge in [-0.1, -0.05) is 12.8 Å². The third kappa shape index (κ3) is 2.64. The number of carboxylic acid groups (broad SMARTS) is 1. The molecule has 6 heteroatoms. The lowest BCUT2D eigenvalue weighted by Crippen LogP contribution is -2.72. The highest BCUT2D eigenvalue weighted by Crippen LogP contribution is 2.33. The molecule has 2 amide bonds. The van der Waals surface area contributed by atoms with E-state index in [-0.39, 0.29) is 36.7 Å². The van der Waals surface area contributed by atoms with E-state index in [1.807, 2.05) is 0 Å². The Kier molecular flexibility index (Phi) is 4.01. The first-order valence-corrected chi connectivity index (χ1v) is 7.17. The van der Waals surface area contributed by atoms with Crippen molar-refractivity contribution in [3.63, 3.8) is 0 Å². The molecule has 1 saturated carbocycles. The third-order valence-electron chi connectivity index (χ3n) is 4.35. The van der Waals surface area contributed by atoms with Gasteiger partial charge < -0.3 is 20.1 Å². The number of fused-ring (bicyclic) bond motifs is 1. The number of carbonyl (C=O) groups excluding carboxylic acids is 3. The van der Waals surface area contributed by atoms with E-state index in [1.54, 1.807) is 18.7 Å². The van der Waals surface area contributed by atoms with Crippen LogP contribution in [0, 0.1) is 0 Å². The number of carboxylic acids is 1. The predicted molar refractivity (Wildman–Crippen MR) is 69.4 cm³/mol. The van der Waals surface area contributed by atoms with Crippen LogP contribution in [-0.2, 0) is 14.4 Å². The summed E-state index contributed by atoms with van der Waals surface area (Å²) in [6.07, 6.45) is 3.38. The van der Waals surface area contributed by atoms with Gasteiger partial charge in [-0.3, -0.25) is 9.59 Å². The minimum atomic E-state index is -1.24. The number of aliphatic carboxylic acids is 1. The molecule has 20 heavy (non-hydrogen) atoms. The largest absolute Gasteiger partial charge is 0.550 e. The number of nitrogens with zero attached hydrogens (tertiary/aromatic N) is 1. The zero-order chi connectivity index (χ0) is 14.9. The van der Waals surface area contributed by atoms with Gasteiger partial charge in [-0.2, -0.15) is 0 Å². The van der Waals surface area contributed by atoms with E-state index in [2.05, 4.69) is 5.32 Å². The van der Waals surface area contributed by atoms with Gasteiger partial charge in [0.1, 0.15) is 5.54 Å². The van der Waals surface area contributed by atoms with Gasteiger partial charge in [0.05, 0.1) is 6.04 Å². The highest BCUT2D eigenvalue weighted by atomic mass is 16.4. The first-order chi connectivity index (χ1) is 9.34. The Bertz CT molecular complexity index is 433. The number of nitrogens with one attached hydrogen (secondary N) is 1. The highest BCUT2D eigenvalue weighted by molar-refractivity contribution is 5.93. The smallest absolute Gasteiger partial charge is 0.245 e. The van der Waals surface area contributed by atoms with Crippen molar-refractivity contribution in [3.05, 3.63) is 0 Å². The van der Waals surface area contributed by atoms with Crippen LogP contribution in [0.5, 0.6) is 0 Å². The lowest BCUT2D eigenvalue weighted by Gasteiger charge is -2.52. The summed E-state index contributed by atoms with van der Waals surface area (Å²) < 4.78 is 0. The van der Waals surface area contributed by atoms with E-state index in [4.69, 9.17) is 0 Å². The van der Waals surface area contributed by atoms with Gasteiger partial charge >= 0.3 is 0 Å². The average molecular weight is 281 g/mol. The monoisotopic (exact) mass is 281 g/mol. The molecule has 1 heterocycles. The van der Waals surface area contributed by atoms with E-state index < -0.39 is 11.5 Å². The maximum Gasteiger partial charge on any atom is 0.245 e. The van der Waals surface area contributed by atoms with Gasteiger partial charge in [-0.05, 0) is 33.1 Å². The maximum absolute atomic E-state index is 12.4. The molecule has 6 nitrogen and oxygen atoms in total. The van der Waals surface area contributed by atoms with Crippen LogP contribution in [0.1, 0.15) is 52.4 Å². The molecule has 0 aromatic rings.